The lowest BCUT2D eigenvalue weighted by atomic mass is 10.1. The van der Waals surface area contributed by atoms with Crippen LogP contribution in [0.1, 0.15) is 29.5 Å². The first-order valence-electron chi connectivity index (χ1n) is 6.25. The van der Waals surface area contributed by atoms with Gasteiger partial charge < -0.3 is 10.4 Å². The van der Waals surface area contributed by atoms with Crippen LogP contribution in [0.2, 0.25) is 0 Å². The molecule has 0 saturated carbocycles. The normalized spacial score (nSPS) is 12.8. The van der Waals surface area contributed by atoms with Crippen molar-refractivity contribution < 1.29 is 9.90 Å². The van der Waals surface area contributed by atoms with E-state index in [1.165, 1.54) is 4.88 Å². The maximum Gasteiger partial charge on any atom is 0.244 e. The molecule has 0 radical (unpaired) electrons. The third-order valence-electron chi connectivity index (χ3n) is 2.64. The van der Waals surface area contributed by atoms with E-state index < -0.39 is 0 Å². The largest absolute Gasteiger partial charge is 0.396 e. The highest BCUT2D eigenvalue weighted by atomic mass is 32.1. The number of carbonyl (C=O) groups excluding carboxylic acids is 1. The Kier molecular flexibility index (Phi) is 6.68. The van der Waals surface area contributed by atoms with Gasteiger partial charge in [-0.1, -0.05) is 6.92 Å². The second-order valence-electron chi connectivity index (χ2n) is 4.50. The first-order valence-corrected chi connectivity index (χ1v) is 7.06. The first kappa shape index (κ1) is 14.9. The van der Waals surface area contributed by atoms with Gasteiger partial charge in [0.2, 0.25) is 5.91 Å². The minimum absolute atomic E-state index is 0.0577. The molecule has 0 saturated heterocycles. The van der Waals surface area contributed by atoms with E-state index >= 15 is 0 Å². The van der Waals surface area contributed by atoms with Gasteiger partial charge in [-0.2, -0.15) is 0 Å². The molecule has 100 valence electrons. The number of rotatable bonds is 7. The molecule has 1 atom stereocenters. The van der Waals surface area contributed by atoms with E-state index in [4.69, 9.17) is 5.11 Å². The molecule has 0 aliphatic heterocycles. The summed E-state index contributed by atoms with van der Waals surface area (Å²) in [5, 5.41) is 11.7. The van der Waals surface area contributed by atoms with Crippen LogP contribution in [0.25, 0.3) is 6.08 Å². The number of thiophene rings is 1. The van der Waals surface area contributed by atoms with Crippen molar-refractivity contribution in [3.63, 3.8) is 0 Å². The molecule has 1 aromatic heterocycles. The molecular formula is C14H21NO2S. The highest BCUT2D eigenvalue weighted by Gasteiger charge is 2.00. The molecular weight excluding hydrogens is 246 g/mol. The summed E-state index contributed by atoms with van der Waals surface area (Å²) in [6, 6.07) is 4.05. The molecule has 18 heavy (non-hydrogen) atoms. The molecule has 4 heteroatoms. The highest BCUT2D eigenvalue weighted by Crippen LogP contribution is 2.16. The van der Waals surface area contributed by atoms with Gasteiger partial charge in [0, 0.05) is 29.0 Å². The van der Waals surface area contributed by atoms with E-state index in [9.17, 15) is 4.79 Å². The molecule has 1 heterocycles. The molecule has 2 N–H and O–H groups in total. The SMILES string of the molecule is Cc1ccc(/C=C/C(=O)NCCCC(C)CO)s1. The lowest BCUT2D eigenvalue weighted by Crippen LogP contribution is -2.22. The Morgan fingerprint density at radius 2 is 2.33 bits per heavy atom. The third-order valence-corrected chi connectivity index (χ3v) is 3.61. The number of hydrogen-bond donors (Lipinski definition) is 2. The summed E-state index contributed by atoms with van der Waals surface area (Å²) < 4.78 is 0. The fourth-order valence-corrected chi connectivity index (χ4v) is 2.29. The van der Waals surface area contributed by atoms with E-state index in [2.05, 4.69) is 5.32 Å². The Hall–Kier alpha value is -1.13. The third kappa shape index (κ3) is 5.98. The van der Waals surface area contributed by atoms with Crippen molar-refractivity contribution in [2.24, 2.45) is 5.92 Å². The molecule has 0 aliphatic carbocycles. The molecule has 1 aromatic rings. The van der Waals surface area contributed by atoms with E-state index in [0.29, 0.717) is 12.5 Å². The maximum atomic E-state index is 11.5. The molecule has 1 rings (SSSR count). The fraction of sp³-hybridized carbons (Fsp3) is 0.500. The van der Waals surface area contributed by atoms with Crippen LogP contribution in [0.4, 0.5) is 0 Å². The average molecular weight is 267 g/mol. The predicted octanol–water partition coefficient (Wildman–Crippen LogP) is 2.59. The summed E-state index contributed by atoms with van der Waals surface area (Å²) in [5.74, 6) is 0.254. The number of hydrogen-bond acceptors (Lipinski definition) is 3. The van der Waals surface area contributed by atoms with E-state index in [1.807, 2.05) is 32.1 Å². The number of aliphatic hydroxyl groups excluding tert-OH is 1. The lowest BCUT2D eigenvalue weighted by molar-refractivity contribution is -0.116. The van der Waals surface area contributed by atoms with Crippen molar-refractivity contribution >= 4 is 23.3 Å². The van der Waals surface area contributed by atoms with Gasteiger partial charge in [-0.3, -0.25) is 4.79 Å². The Balaban J connectivity index is 2.19. The van der Waals surface area contributed by atoms with Crippen LogP contribution in [0.15, 0.2) is 18.2 Å². The van der Waals surface area contributed by atoms with E-state index in [1.54, 1.807) is 17.4 Å². The summed E-state index contributed by atoms with van der Waals surface area (Å²) in [5.41, 5.74) is 0. The Morgan fingerprint density at radius 3 is 2.94 bits per heavy atom. The molecule has 0 fully saturated rings. The Morgan fingerprint density at radius 1 is 1.56 bits per heavy atom. The van der Waals surface area contributed by atoms with Crippen LogP contribution in [0, 0.1) is 12.8 Å². The summed E-state index contributed by atoms with van der Waals surface area (Å²) in [4.78, 5) is 13.8. The van der Waals surface area contributed by atoms with Gasteiger partial charge in [0.25, 0.3) is 0 Å². The highest BCUT2D eigenvalue weighted by molar-refractivity contribution is 7.12. The lowest BCUT2D eigenvalue weighted by Gasteiger charge is -2.07. The minimum atomic E-state index is -0.0577. The topological polar surface area (TPSA) is 49.3 Å². The van der Waals surface area contributed by atoms with Gasteiger partial charge in [-0.05, 0) is 43.9 Å². The number of aliphatic hydroxyl groups is 1. The second kappa shape index (κ2) is 8.06. The molecule has 0 aliphatic rings. The number of amides is 1. The summed E-state index contributed by atoms with van der Waals surface area (Å²) >= 11 is 1.67. The van der Waals surface area contributed by atoms with Gasteiger partial charge in [0.15, 0.2) is 0 Å². The predicted molar refractivity (Wildman–Crippen MR) is 76.6 cm³/mol. The molecule has 1 unspecified atom stereocenters. The minimum Gasteiger partial charge on any atom is -0.396 e. The van der Waals surface area contributed by atoms with Gasteiger partial charge in [-0.25, -0.2) is 0 Å². The summed E-state index contributed by atoms with van der Waals surface area (Å²) in [7, 11) is 0. The standard InChI is InChI=1S/C14H21NO2S/c1-11(10-16)4-3-9-15-14(17)8-7-13-6-5-12(2)18-13/h5-8,11,16H,3-4,9-10H2,1-2H3,(H,15,17)/b8-7+. The van der Waals surface area contributed by atoms with Gasteiger partial charge in [-0.15, -0.1) is 11.3 Å². The molecule has 0 bridgehead atoms. The molecule has 0 spiro atoms. The van der Waals surface area contributed by atoms with Crippen LogP contribution >= 0.6 is 11.3 Å². The van der Waals surface area contributed by atoms with E-state index in [0.717, 1.165) is 17.7 Å². The van der Waals surface area contributed by atoms with Crippen molar-refractivity contribution in [1.29, 1.82) is 0 Å². The summed E-state index contributed by atoms with van der Waals surface area (Å²) in [6.45, 7) is 4.92. The maximum absolute atomic E-state index is 11.5. The Bertz CT molecular complexity index is 398. The van der Waals surface area contributed by atoms with Crippen molar-refractivity contribution in [2.75, 3.05) is 13.2 Å². The number of carbonyl (C=O) groups is 1. The molecule has 1 amide bonds. The zero-order chi connectivity index (χ0) is 13.4. The van der Waals surface area contributed by atoms with Crippen molar-refractivity contribution in [3.8, 4) is 0 Å². The van der Waals surface area contributed by atoms with Gasteiger partial charge in [0.1, 0.15) is 0 Å². The second-order valence-corrected chi connectivity index (χ2v) is 5.82. The average Bonchev–Trinajstić information content (AvgIpc) is 2.77. The smallest absolute Gasteiger partial charge is 0.244 e. The Labute approximate surface area is 113 Å². The molecule has 0 aromatic carbocycles. The van der Waals surface area contributed by atoms with Crippen molar-refractivity contribution in [3.05, 3.63) is 28.0 Å². The van der Waals surface area contributed by atoms with E-state index in [-0.39, 0.29) is 12.5 Å². The molecule has 3 nitrogen and oxygen atoms in total. The monoisotopic (exact) mass is 267 g/mol. The first-order chi connectivity index (χ1) is 8.61. The van der Waals surface area contributed by atoms with Crippen LogP contribution in [-0.4, -0.2) is 24.2 Å². The van der Waals surface area contributed by atoms with Gasteiger partial charge in [0.05, 0.1) is 0 Å². The van der Waals surface area contributed by atoms with Crippen LogP contribution in [0.3, 0.4) is 0 Å². The number of aryl methyl sites for hydroxylation is 1. The fourth-order valence-electron chi connectivity index (χ4n) is 1.51. The summed E-state index contributed by atoms with van der Waals surface area (Å²) in [6.07, 6.45) is 5.24. The number of nitrogens with one attached hydrogen (secondary N) is 1. The zero-order valence-corrected chi connectivity index (χ0v) is 11.8. The quantitative estimate of drug-likeness (QED) is 0.589. The zero-order valence-electron chi connectivity index (χ0n) is 11.0. The van der Waals surface area contributed by atoms with Crippen molar-refractivity contribution in [1.82, 2.24) is 5.32 Å². The van der Waals surface area contributed by atoms with Gasteiger partial charge >= 0.3 is 0 Å². The van der Waals surface area contributed by atoms with Crippen molar-refractivity contribution in [2.45, 2.75) is 26.7 Å². The van der Waals surface area contributed by atoms with Crippen LogP contribution in [-0.2, 0) is 4.79 Å². The van der Waals surface area contributed by atoms with Crippen LogP contribution < -0.4 is 5.32 Å². The van der Waals surface area contributed by atoms with Crippen LogP contribution in [0.5, 0.6) is 0 Å².